The predicted molar refractivity (Wildman–Crippen MR) is 108 cm³/mol. The molecule has 5 rings (SSSR count). The number of rotatable bonds is 3. The molecule has 154 valence electrons. The van der Waals surface area contributed by atoms with Gasteiger partial charge in [0.05, 0.1) is 5.41 Å². The van der Waals surface area contributed by atoms with Gasteiger partial charge in [0.1, 0.15) is 0 Å². The van der Waals surface area contributed by atoms with Crippen molar-refractivity contribution >= 4 is 22.2 Å². The summed E-state index contributed by atoms with van der Waals surface area (Å²) in [6.07, 6.45) is -1.60. The van der Waals surface area contributed by atoms with Crippen LogP contribution in [0.5, 0.6) is 0 Å². The first-order valence-electron chi connectivity index (χ1n) is 10.5. The highest BCUT2D eigenvalue weighted by atomic mass is 19.4. The molecule has 0 N–H and O–H groups in total. The number of carbonyl (C=O) groups excluding carboxylic acids is 1. The van der Waals surface area contributed by atoms with Crippen molar-refractivity contribution in [3.05, 3.63) is 41.5 Å². The zero-order chi connectivity index (χ0) is 20.2. The third-order valence-corrected chi connectivity index (χ3v) is 7.12. The molecule has 2 aromatic carbocycles. The van der Waals surface area contributed by atoms with E-state index in [0.29, 0.717) is 32.5 Å². The van der Waals surface area contributed by atoms with Gasteiger partial charge in [0.2, 0.25) is 0 Å². The minimum absolute atomic E-state index is 0.128. The van der Waals surface area contributed by atoms with Crippen LogP contribution in [-0.2, 0) is 6.42 Å². The van der Waals surface area contributed by atoms with Crippen molar-refractivity contribution < 1.29 is 18.0 Å². The second-order valence-electron chi connectivity index (χ2n) is 8.82. The van der Waals surface area contributed by atoms with E-state index in [1.165, 1.54) is 0 Å². The van der Waals surface area contributed by atoms with Crippen molar-refractivity contribution in [3.63, 3.8) is 0 Å². The minimum Gasteiger partial charge on any atom is -0.370 e. The number of ketones is 1. The first-order chi connectivity index (χ1) is 13.9. The first kappa shape index (κ1) is 18.9. The average Bonchev–Trinajstić information content (AvgIpc) is 2.83. The Morgan fingerprint density at radius 1 is 0.966 bits per heavy atom. The molecule has 3 nitrogen and oxygen atoms in total. The van der Waals surface area contributed by atoms with Gasteiger partial charge in [-0.05, 0) is 42.8 Å². The van der Waals surface area contributed by atoms with Gasteiger partial charge >= 0.3 is 6.18 Å². The average molecular weight is 402 g/mol. The Bertz CT molecular complexity index is 964. The number of halogens is 3. The van der Waals surface area contributed by atoms with Crippen LogP contribution in [0.4, 0.5) is 18.9 Å². The summed E-state index contributed by atoms with van der Waals surface area (Å²) >= 11 is 0. The number of nitrogens with zero attached hydrogens (tertiary/aromatic N) is 2. The first-order valence-corrected chi connectivity index (χ1v) is 10.5. The van der Waals surface area contributed by atoms with E-state index in [2.05, 4.69) is 17.0 Å². The highest BCUT2D eigenvalue weighted by Gasteiger charge is 2.58. The highest BCUT2D eigenvalue weighted by Crippen LogP contribution is 2.53. The molecule has 2 fully saturated rings. The van der Waals surface area contributed by atoms with Crippen molar-refractivity contribution in [2.75, 3.05) is 37.6 Å². The Morgan fingerprint density at radius 2 is 1.79 bits per heavy atom. The molecule has 0 atom stereocenters. The van der Waals surface area contributed by atoms with Crippen LogP contribution in [0, 0.1) is 5.41 Å². The van der Waals surface area contributed by atoms with Crippen LogP contribution in [0.1, 0.15) is 41.6 Å². The quantitative estimate of drug-likeness (QED) is 0.735. The van der Waals surface area contributed by atoms with Gasteiger partial charge in [0, 0.05) is 49.2 Å². The number of hydrogen-bond donors (Lipinski definition) is 0. The summed E-state index contributed by atoms with van der Waals surface area (Å²) in [7, 11) is 0. The van der Waals surface area contributed by atoms with E-state index in [-0.39, 0.29) is 25.2 Å². The Labute approximate surface area is 168 Å². The summed E-state index contributed by atoms with van der Waals surface area (Å²) in [5.41, 5.74) is 1.48. The third kappa shape index (κ3) is 3.03. The number of alkyl halides is 3. The molecule has 0 radical (unpaired) electrons. The minimum atomic E-state index is -4.11. The Kier molecular flexibility index (Phi) is 4.39. The zero-order valence-corrected chi connectivity index (χ0v) is 16.4. The zero-order valence-electron chi connectivity index (χ0n) is 16.4. The topological polar surface area (TPSA) is 23.6 Å². The number of Topliss-reactive ketones (excluding diaryl/α,β-unsaturated/α-hetero) is 1. The van der Waals surface area contributed by atoms with Crippen LogP contribution in [0.2, 0.25) is 0 Å². The van der Waals surface area contributed by atoms with Gasteiger partial charge in [-0.15, -0.1) is 0 Å². The normalized spacial score (nSPS) is 22.0. The van der Waals surface area contributed by atoms with Gasteiger partial charge in [-0.2, -0.15) is 13.2 Å². The molecule has 6 heteroatoms. The summed E-state index contributed by atoms with van der Waals surface area (Å²) in [5, 5.41) is 2.15. The van der Waals surface area contributed by atoms with E-state index in [0.717, 1.165) is 40.6 Å². The molecule has 2 aliphatic carbocycles. The molecule has 0 spiro atoms. The largest absolute Gasteiger partial charge is 0.395 e. The van der Waals surface area contributed by atoms with Crippen molar-refractivity contribution in [1.29, 1.82) is 0 Å². The molecular weight excluding hydrogens is 377 g/mol. The van der Waals surface area contributed by atoms with Gasteiger partial charge in [-0.25, -0.2) is 0 Å². The second kappa shape index (κ2) is 6.73. The van der Waals surface area contributed by atoms with Gasteiger partial charge < -0.3 is 9.80 Å². The van der Waals surface area contributed by atoms with Gasteiger partial charge in [-0.1, -0.05) is 30.7 Å². The van der Waals surface area contributed by atoms with Crippen LogP contribution >= 0.6 is 0 Å². The van der Waals surface area contributed by atoms with E-state index < -0.39 is 11.6 Å². The van der Waals surface area contributed by atoms with Crippen LogP contribution < -0.4 is 4.90 Å². The van der Waals surface area contributed by atoms with E-state index in [1.807, 2.05) is 23.1 Å². The summed E-state index contributed by atoms with van der Waals surface area (Å²) in [6, 6.07) is 10.0. The maximum Gasteiger partial charge on any atom is 0.395 e. The summed E-state index contributed by atoms with van der Waals surface area (Å²) < 4.78 is 40.7. The highest BCUT2D eigenvalue weighted by molar-refractivity contribution is 6.17. The van der Waals surface area contributed by atoms with Crippen LogP contribution in [0.3, 0.4) is 0 Å². The molecule has 0 bridgehead atoms. The second-order valence-corrected chi connectivity index (χ2v) is 8.82. The van der Waals surface area contributed by atoms with Crippen molar-refractivity contribution in [1.82, 2.24) is 4.90 Å². The summed E-state index contributed by atoms with van der Waals surface area (Å²) in [5.74, 6) is 0.169. The SMILES string of the molecule is O=C1Cc2ccc(N3CCCN(CC4(C(F)(F)F)CCC4)CC3)c3cccc1c23. The Morgan fingerprint density at radius 3 is 2.52 bits per heavy atom. The molecule has 0 unspecified atom stereocenters. The predicted octanol–water partition coefficient (Wildman–Crippen LogP) is 4.82. The van der Waals surface area contributed by atoms with Gasteiger partial charge in [-0.3, -0.25) is 4.79 Å². The van der Waals surface area contributed by atoms with E-state index in [1.54, 1.807) is 0 Å². The fraction of sp³-hybridized carbons (Fsp3) is 0.522. The van der Waals surface area contributed by atoms with Crippen LogP contribution in [0.15, 0.2) is 30.3 Å². The third-order valence-electron chi connectivity index (χ3n) is 7.12. The van der Waals surface area contributed by atoms with Crippen molar-refractivity contribution in [2.24, 2.45) is 5.41 Å². The van der Waals surface area contributed by atoms with Gasteiger partial charge in [0.15, 0.2) is 5.78 Å². The maximum absolute atomic E-state index is 13.6. The fourth-order valence-corrected chi connectivity index (χ4v) is 5.32. The molecule has 1 aliphatic heterocycles. The number of benzene rings is 2. The smallest absolute Gasteiger partial charge is 0.370 e. The van der Waals surface area contributed by atoms with E-state index >= 15 is 0 Å². The number of hydrogen-bond acceptors (Lipinski definition) is 3. The maximum atomic E-state index is 13.6. The Hall–Kier alpha value is -2.08. The van der Waals surface area contributed by atoms with Crippen LogP contribution in [0.25, 0.3) is 10.8 Å². The summed E-state index contributed by atoms with van der Waals surface area (Å²) in [4.78, 5) is 16.6. The standard InChI is InChI=1S/C23H25F3N2O/c24-23(25,26)22(8-2-9-22)15-27-10-3-11-28(13-12-27)19-7-6-16-14-20(29)18-5-1-4-17(19)21(16)18/h1,4-7H,2-3,8-15H2. The van der Waals surface area contributed by atoms with Gasteiger partial charge in [0.25, 0.3) is 0 Å². The molecule has 1 heterocycles. The molecule has 2 aromatic rings. The number of carbonyl (C=O) groups is 1. The molecule has 1 saturated heterocycles. The lowest BCUT2D eigenvalue weighted by molar-refractivity contribution is -0.255. The molecule has 3 aliphatic rings. The lowest BCUT2D eigenvalue weighted by Crippen LogP contribution is -2.52. The van der Waals surface area contributed by atoms with E-state index in [4.69, 9.17) is 0 Å². The molecular formula is C23H25F3N2O. The molecule has 0 aromatic heterocycles. The number of anilines is 1. The molecule has 29 heavy (non-hydrogen) atoms. The van der Waals surface area contributed by atoms with Crippen LogP contribution in [-0.4, -0.2) is 49.6 Å². The lowest BCUT2D eigenvalue weighted by atomic mass is 9.67. The fourth-order valence-electron chi connectivity index (χ4n) is 5.32. The molecule has 0 amide bonds. The summed E-state index contributed by atoms with van der Waals surface area (Å²) in [6.45, 7) is 3.00. The van der Waals surface area contributed by atoms with Crippen molar-refractivity contribution in [2.45, 2.75) is 38.3 Å². The monoisotopic (exact) mass is 402 g/mol. The van der Waals surface area contributed by atoms with E-state index in [9.17, 15) is 18.0 Å². The lowest BCUT2D eigenvalue weighted by Gasteiger charge is -2.46. The Balaban J connectivity index is 1.37. The van der Waals surface area contributed by atoms with Crippen molar-refractivity contribution in [3.8, 4) is 0 Å². The molecule has 1 saturated carbocycles.